The van der Waals surface area contributed by atoms with Gasteiger partial charge in [0.15, 0.2) is 0 Å². The first-order valence-corrected chi connectivity index (χ1v) is 12.2. The fraction of sp³-hybridized carbons (Fsp3) is 0. The summed E-state index contributed by atoms with van der Waals surface area (Å²) in [5.74, 6) is 1.07. The van der Waals surface area contributed by atoms with E-state index in [0.717, 1.165) is 10.4 Å². The van der Waals surface area contributed by atoms with Gasteiger partial charge in [0.2, 0.25) is 0 Å². The molecule has 9 nitrogen and oxygen atoms in total. The summed E-state index contributed by atoms with van der Waals surface area (Å²) in [4.78, 5) is 35.7. The van der Waals surface area contributed by atoms with E-state index in [2.05, 4.69) is 10.6 Å². The highest BCUT2D eigenvalue weighted by Crippen LogP contribution is 2.30. The van der Waals surface area contributed by atoms with Gasteiger partial charge in [0.1, 0.15) is 22.1 Å². The van der Waals surface area contributed by atoms with Crippen molar-refractivity contribution in [3.63, 3.8) is 0 Å². The molecule has 4 aromatic carbocycles. The number of thiophene rings is 1. The number of rotatable bonds is 7. The van der Waals surface area contributed by atoms with E-state index in [4.69, 9.17) is 9.47 Å². The molecule has 2 N–H and O–H groups in total. The molecule has 0 saturated heterocycles. The van der Waals surface area contributed by atoms with Crippen LogP contribution in [0.2, 0.25) is 0 Å². The Morgan fingerprint density at radius 2 is 1.34 bits per heavy atom. The van der Waals surface area contributed by atoms with Gasteiger partial charge in [-0.05, 0) is 72.8 Å². The summed E-state index contributed by atoms with van der Waals surface area (Å²) in [5.41, 5.74) is 1.04. The average Bonchev–Trinajstić information content (AvgIpc) is 3.35. The molecule has 5 aromatic rings. The summed E-state index contributed by atoms with van der Waals surface area (Å²) in [7, 11) is 0. The lowest BCUT2D eigenvalue weighted by molar-refractivity contribution is -0.384. The number of hydrogen-bond donors (Lipinski definition) is 2. The second-order valence-corrected chi connectivity index (χ2v) is 9.11. The number of esters is 1. The zero-order valence-electron chi connectivity index (χ0n) is 19.6. The largest absolute Gasteiger partial charge is 0.457 e. The van der Waals surface area contributed by atoms with E-state index in [-0.39, 0.29) is 5.69 Å². The van der Waals surface area contributed by atoms with Gasteiger partial charge >= 0.3 is 12.0 Å². The van der Waals surface area contributed by atoms with E-state index in [1.54, 1.807) is 60.7 Å². The molecule has 0 aliphatic rings. The van der Waals surface area contributed by atoms with Crippen LogP contribution in [0.4, 0.5) is 21.9 Å². The summed E-state index contributed by atoms with van der Waals surface area (Å²) in [6.45, 7) is 0. The topological polar surface area (TPSA) is 120 Å². The second kappa shape index (κ2) is 10.8. The summed E-state index contributed by atoms with van der Waals surface area (Å²) in [6, 6.07) is 28.2. The molecule has 0 bridgehead atoms. The Balaban J connectivity index is 1.15. The van der Waals surface area contributed by atoms with Crippen molar-refractivity contribution in [3.05, 3.63) is 118 Å². The van der Waals surface area contributed by atoms with E-state index in [9.17, 15) is 19.7 Å². The zero-order valence-corrected chi connectivity index (χ0v) is 20.4. The third kappa shape index (κ3) is 5.94. The van der Waals surface area contributed by atoms with Crippen LogP contribution in [0, 0.1) is 10.1 Å². The number of nitro groups is 1. The lowest BCUT2D eigenvalue weighted by Gasteiger charge is -2.10. The van der Waals surface area contributed by atoms with Gasteiger partial charge in [0.25, 0.3) is 5.69 Å². The van der Waals surface area contributed by atoms with E-state index in [1.165, 1.54) is 23.5 Å². The van der Waals surface area contributed by atoms with Crippen molar-refractivity contribution in [2.24, 2.45) is 0 Å². The number of non-ortho nitro benzene ring substituents is 1. The Kier molecular flexibility index (Phi) is 6.96. The third-order valence-corrected chi connectivity index (χ3v) is 6.42. The first-order chi connectivity index (χ1) is 18.4. The lowest BCUT2D eigenvalue weighted by atomic mass is 10.2. The summed E-state index contributed by atoms with van der Waals surface area (Å²) < 4.78 is 11.9. The number of ether oxygens (including phenoxy) is 2. The van der Waals surface area contributed by atoms with Gasteiger partial charge in [0.05, 0.1) is 4.92 Å². The van der Waals surface area contributed by atoms with E-state index < -0.39 is 16.9 Å². The number of para-hydroxylation sites is 1. The van der Waals surface area contributed by atoms with Crippen LogP contribution in [0.15, 0.2) is 103 Å². The number of carbonyl (C=O) groups is 2. The third-order valence-electron chi connectivity index (χ3n) is 5.33. The fourth-order valence-electron chi connectivity index (χ4n) is 3.53. The normalized spacial score (nSPS) is 10.5. The molecule has 188 valence electrons. The molecule has 38 heavy (non-hydrogen) atoms. The van der Waals surface area contributed by atoms with Gasteiger partial charge in [-0.1, -0.05) is 18.2 Å². The van der Waals surface area contributed by atoms with Crippen LogP contribution in [0.1, 0.15) is 9.67 Å². The molecule has 2 amide bonds. The quantitative estimate of drug-likeness (QED) is 0.0984. The minimum atomic E-state index is -0.577. The number of nitrogens with zero attached hydrogens (tertiary/aromatic N) is 1. The lowest BCUT2D eigenvalue weighted by Crippen LogP contribution is -2.19. The predicted molar refractivity (Wildman–Crippen MR) is 145 cm³/mol. The molecule has 0 saturated carbocycles. The smallest absolute Gasteiger partial charge is 0.353 e. The first-order valence-electron chi connectivity index (χ1n) is 11.3. The minimum absolute atomic E-state index is 0.0450. The molecule has 0 spiro atoms. The Bertz CT molecular complexity index is 1620. The van der Waals surface area contributed by atoms with Crippen LogP contribution in [-0.2, 0) is 0 Å². The van der Waals surface area contributed by atoms with Gasteiger partial charge in [0, 0.05) is 33.6 Å². The van der Waals surface area contributed by atoms with Crippen LogP contribution in [-0.4, -0.2) is 16.9 Å². The molecular weight excluding hydrogens is 506 g/mol. The molecular formula is C28H19N3O6S. The zero-order chi connectivity index (χ0) is 26.5. The number of benzene rings is 4. The van der Waals surface area contributed by atoms with Crippen LogP contribution in [0.5, 0.6) is 17.2 Å². The monoisotopic (exact) mass is 525 g/mol. The summed E-state index contributed by atoms with van der Waals surface area (Å²) in [6.07, 6.45) is 0. The van der Waals surface area contributed by atoms with Gasteiger partial charge in [-0.2, -0.15) is 0 Å². The maximum Gasteiger partial charge on any atom is 0.353 e. The summed E-state index contributed by atoms with van der Waals surface area (Å²) in [5, 5.41) is 17.0. The van der Waals surface area contributed by atoms with Gasteiger partial charge in [-0.25, -0.2) is 9.59 Å². The van der Waals surface area contributed by atoms with E-state index in [0.29, 0.717) is 33.1 Å². The number of anilines is 2. The SMILES string of the molecule is O=C(Nc1ccc(OC(=O)c2cc3cc([N+](=O)[O-])ccc3s2)cc1)Nc1ccc(Oc2ccccc2)cc1. The Labute approximate surface area is 220 Å². The van der Waals surface area contributed by atoms with Crippen molar-refractivity contribution in [1.29, 1.82) is 0 Å². The highest BCUT2D eigenvalue weighted by molar-refractivity contribution is 7.20. The van der Waals surface area contributed by atoms with Crippen LogP contribution in [0.3, 0.4) is 0 Å². The van der Waals surface area contributed by atoms with Gasteiger partial charge < -0.3 is 20.1 Å². The molecule has 0 aliphatic carbocycles. The highest BCUT2D eigenvalue weighted by Gasteiger charge is 2.15. The predicted octanol–water partition coefficient (Wildman–Crippen LogP) is 7.47. The number of amides is 2. The molecule has 0 radical (unpaired) electrons. The van der Waals surface area contributed by atoms with Crippen molar-refractivity contribution in [2.45, 2.75) is 0 Å². The molecule has 0 aliphatic heterocycles. The Morgan fingerprint density at radius 1 is 0.737 bits per heavy atom. The number of fused-ring (bicyclic) bond motifs is 1. The summed E-state index contributed by atoms with van der Waals surface area (Å²) >= 11 is 1.19. The first kappa shape index (κ1) is 24.5. The van der Waals surface area contributed by atoms with E-state index in [1.807, 2.05) is 30.3 Å². The molecule has 0 unspecified atom stereocenters. The van der Waals surface area contributed by atoms with Crippen molar-refractivity contribution in [3.8, 4) is 17.2 Å². The van der Waals surface area contributed by atoms with Crippen LogP contribution >= 0.6 is 11.3 Å². The molecule has 1 aromatic heterocycles. The molecule has 10 heteroatoms. The van der Waals surface area contributed by atoms with Crippen molar-refractivity contribution in [2.75, 3.05) is 10.6 Å². The maximum atomic E-state index is 12.6. The van der Waals surface area contributed by atoms with Crippen molar-refractivity contribution in [1.82, 2.24) is 0 Å². The van der Waals surface area contributed by atoms with Crippen molar-refractivity contribution < 1.29 is 24.0 Å². The Morgan fingerprint density at radius 3 is 1.97 bits per heavy atom. The molecule has 0 atom stereocenters. The van der Waals surface area contributed by atoms with Gasteiger partial charge in [-0.15, -0.1) is 11.3 Å². The van der Waals surface area contributed by atoms with Crippen LogP contribution < -0.4 is 20.1 Å². The average molecular weight is 526 g/mol. The van der Waals surface area contributed by atoms with Crippen molar-refractivity contribution >= 4 is 50.5 Å². The molecule has 1 heterocycles. The minimum Gasteiger partial charge on any atom is -0.457 e. The number of carbonyl (C=O) groups excluding carboxylic acids is 2. The molecule has 5 rings (SSSR count). The second-order valence-electron chi connectivity index (χ2n) is 8.02. The number of hydrogen-bond acceptors (Lipinski definition) is 7. The number of nitro benzene ring substituents is 1. The number of nitrogens with one attached hydrogen (secondary N) is 2. The standard InChI is InChI=1S/C28H19N3O6S/c32-27(26-17-18-16-21(31(34)35)10-15-25(18)38-26)37-24-13-8-20(9-14-24)30-28(33)29-19-6-11-23(12-7-19)36-22-4-2-1-3-5-22/h1-17H,(H2,29,30,33). The molecule has 0 fully saturated rings. The Hall–Kier alpha value is -5.22. The van der Waals surface area contributed by atoms with Crippen LogP contribution in [0.25, 0.3) is 10.1 Å². The number of urea groups is 1. The van der Waals surface area contributed by atoms with E-state index >= 15 is 0 Å². The van der Waals surface area contributed by atoms with Gasteiger partial charge in [-0.3, -0.25) is 10.1 Å². The maximum absolute atomic E-state index is 12.6. The fourth-order valence-corrected chi connectivity index (χ4v) is 4.45. The highest BCUT2D eigenvalue weighted by atomic mass is 32.1.